The van der Waals surface area contributed by atoms with Crippen LogP contribution in [-0.2, 0) is 16.0 Å². The molecule has 2 fully saturated rings. The second kappa shape index (κ2) is 6.30. The topological polar surface area (TPSA) is 60.4 Å². The number of hydrogen-bond acceptors (Lipinski definition) is 4. The van der Waals surface area contributed by atoms with Gasteiger partial charge in [-0.25, -0.2) is 8.42 Å². The van der Waals surface area contributed by atoms with Gasteiger partial charge in [0.15, 0.2) is 15.6 Å². The van der Waals surface area contributed by atoms with Gasteiger partial charge in [-0.2, -0.15) is 13.2 Å². The zero-order valence-electron chi connectivity index (χ0n) is 13.7. The van der Waals surface area contributed by atoms with Crippen molar-refractivity contribution in [2.45, 2.75) is 48.8 Å². The number of sulfone groups is 1. The van der Waals surface area contributed by atoms with Crippen molar-refractivity contribution in [1.82, 2.24) is 0 Å². The lowest BCUT2D eigenvalue weighted by Crippen LogP contribution is -2.45. The van der Waals surface area contributed by atoms with Crippen LogP contribution in [0.25, 0.3) is 0 Å². The maximum Gasteiger partial charge on any atom is 0.416 e. The Morgan fingerprint density at radius 1 is 1.12 bits per heavy atom. The summed E-state index contributed by atoms with van der Waals surface area (Å²) in [6, 6.07) is 2.96. The van der Waals surface area contributed by atoms with E-state index in [1.165, 1.54) is 13.2 Å². The number of carbonyl (C=O) groups is 1. The fraction of sp³-hybridized carbons (Fsp3) is 0.588. The smallest absolute Gasteiger partial charge is 0.416 e. The highest BCUT2D eigenvalue weighted by Crippen LogP contribution is 2.41. The molecule has 2 aliphatic heterocycles. The van der Waals surface area contributed by atoms with E-state index < -0.39 is 43.8 Å². The van der Waals surface area contributed by atoms with Crippen LogP contribution >= 0.6 is 0 Å². The van der Waals surface area contributed by atoms with E-state index in [0.717, 1.165) is 18.6 Å². The van der Waals surface area contributed by atoms with Crippen molar-refractivity contribution in [3.8, 4) is 5.75 Å². The number of alkyl halides is 3. The summed E-state index contributed by atoms with van der Waals surface area (Å²) in [4.78, 5) is 12.8. The Morgan fingerprint density at radius 2 is 1.72 bits per heavy atom. The molecule has 25 heavy (non-hydrogen) atoms. The molecule has 0 amide bonds. The molecule has 2 aliphatic rings. The summed E-state index contributed by atoms with van der Waals surface area (Å²) in [7, 11) is -1.98. The molecule has 138 valence electrons. The van der Waals surface area contributed by atoms with Gasteiger partial charge in [0.25, 0.3) is 0 Å². The van der Waals surface area contributed by atoms with E-state index in [1.807, 2.05) is 0 Å². The first-order valence-corrected chi connectivity index (χ1v) is 9.77. The van der Waals surface area contributed by atoms with E-state index in [1.54, 1.807) is 0 Å². The van der Waals surface area contributed by atoms with Crippen LogP contribution in [0.5, 0.6) is 5.75 Å². The van der Waals surface area contributed by atoms with Gasteiger partial charge in [0.1, 0.15) is 5.75 Å². The van der Waals surface area contributed by atoms with Gasteiger partial charge >= 0.3 is 6.18 Å². The number of carbonyl (C=O) groups excluding carboxylic acids is 1. The highest BCUT2D eigenvalue weighted by atomic mass is 32.2. The molecule has 1 aromatic rings. The second-order valence-electron chi connectivity index (χ2n) is 6.74. The van der Waals surface area contributed by atoms with Crippen molar-refractivity contribution >= 4 is 15.6 Å². The van der Waals surface area contributed by atoms with E-state index in [4.69, 9.17) is 4.74 Å². The first-order chi connectivity index (χ1) is 11.6. The van der Waals surface area contributed by atoms with Crippen LogP contribution in [-0.4, -0.2) is 31.8 Å². The van der Waals surface area contributed by atoms with E-state index in [9.17, 15) is 26.4 Å². The van der Waals surface area contributed by atoms with Gasteiger partial charge in [-0.1, -0.05) is 6.42 Å². The van der Waals surface area contributed by atoms with E-state index in [0.29, 0.717) is 12.8 Å². The Hall–Kier alpha value is -1.57. The van der Waals surface area contributed by atoms with Gasteiger partial charge < -0.3 is 4.74 Å². The van der Waals surface area contributed by atoms with Crippen molar-refractivity contribution in [2.75, 3.05) is 7.11 Å². The molecule has 2 saturated heterocycles. The van der Waals surface area contributed by atoms with Crippen molar-refractivity contribution in [3.63, 3.8) is 0 Å². The highest BCUT2D eigenvalue weighted by Gasteiger charge is 2.46. The number of fused-ring (bicyclic) bond motifs is 2. The standard InChI is InChI=1S/C17H19F3O4S/c1-24-13-6-10(5-12(9-13)17(18,19)20)16(21)11-7-14-3-2-4-15(8-11)25(14,22)23/h5-6,9,11,14-15H,2-4,7-8H2,1H3. The molecule has 3 rings (SSSR count). The molecule has 2 bridgehead atoms. The third-order valence-corrected chi connectivity index (χ3v) is 7.92. The maximum atomic E-state index is 13.0. The van der Waals surface area contributed by atoms with Gasteiger partial charge in [-0.3, -0.25) is 4.79 Å². The minimum absolute atomic E-state index is 0.0400. The van der Waals surface area contributed by atoms with Gasteiger partial charge in [0, 0.05) is 11.5 Å². The van der Waals surface area contributed by atoms with Crippen molar-refractivity contribution < 1.29 is 31.1 Å². The summed E-state index contributed by atoms with van der Waals surface area (Å²) in [5.41, 5.74) is -1.02. The summed E-state index contributed by atoms with van der Waals surface area (Å²) < 4.78 is 68.6. The molecule has 0 radical (unpaired) electrons. The van der Waals surface area contributed by atoms with Gasteiger partial charge in [0.2, 0.25) is 0 Å². The highest BCUT2D eigenvalue weighted by molar-refractivity contribution is 7.92. The lowest BCUT2D eigenvalue weighted by Gasteiger charge is -2.38. The third-order valence-electron chi connectivity index (χ3n) is 5.20. The Kier molecular flexibility index (Phi) is 4.59. The van der Waals surface area contributed by atoms with Crippen LogP contribution in [0.4, 0.5) is 13.2 Å². The third kappa shape index (κ3) is 3.41. The average molecular weight is 376 g/mol. The summed E-state index contributed by atoms with van der Waals surface area (Å²) >= 11 is 0. The van der Waals surface area contributed by atoms with Crippen LogP contribution in [0.2, 0.25) is 0 Å². The fourth-order valence-electron chi connectivity index (χ4n) is 3.88. The predicted molar refractivity (Wildman–Crippen MR) is 85.4 cm³/mol. The quantitative estimate of drug-likeness (QED) is 0.756. The molecular weight excluding hydrogens is 357 g/mol. The number of methoxy groups -OCH3 is 1. The number of halogens is 3. The first kappa shape index (κ1) is 18.2. The summed E-state index contributed by atoms with van der Waals surface area (Å²) in [6.07, 6.45) is -2.35. The van der Waals surface area contributed by atoms with E-state index >= 15 is 0 Å². The van der Waals surface area contributed by atoms with Gasteiger partial charge in [-0.05, 0) is 43.9 Å². The molecule has 0 spiro atoms. The molecule has 0 saturated carbocycles. The zero-order valence-corrected chi connectivity index (χ0v) is 14.5. The molecule has 2 heterocycles. The first-order valence-electron chi connectivity index (χ1n) is 8.16. The Bertz CT molecular complexity index is 766. The lowest BCUT2D eigenvalue weighted by molar-refractivity contribution is -0.137. The summed E-state index contributed by atoms with van der Waals surface area (Å²) in [6.45, 7) is 0. The van der Waals surface area contributed by atoms with Crippen LogP contribution in [0, 0.1) is 5.92 Å². The van der Waals surface area contributed by atoms with Crippen molar-refractivity contribution in [1.29, 1.82) is 0 Å². The number of hydrogen-bond donors (Lipinski definition) is 0. The lowest BCUT2D eigenvalue weighted by atomic mass is 9.84. The second-order valence-corrected chi connectivity index (χ2v) is 9.26. The minimum Gasteiger partial charge on any atom is -0.497 e. The molecule has 8 heteroatoms. The number of rotatable bonds is 3. The number of ketones is 1. The maximum absolute atomic E-state index is 13.0. The monoisotopic (exact) mass is 376 g/mol. The zero-order chi connectivity index (χ0) is 18.4. The SMILES string of the molecule is COc1cc(C(=O)C2CC3CCCC(C2)S3(=O)=O)cc(C(F)(F)F)c1. The molecule has 0 aromatic heterocycles. The van der Waals surface area contributed by atoms with Crippen LogP contribution < -0.4 is 4.74 Å². The minimum atomic E-state index is -4.59. The fourth-order valence-corrected chi connectivity index (χ4v) is 6.42. The van der Waals surface area contributed by atoms with E-state index in [-0.39, 0.29) is 24.2 Å². The molecule has 4 nitrogen and oxygen atoms in total. The molecule has 2 atom stereocenters. The Morgan fingerprint density at radius 3 is 2.24 bits per heavy atom. The Balaban J connectivity index is 1.91. The molecule has 0 N–H and O–H groups in total. The Labute approximate surface area is 144 Å². The molecule has 1 aromatic carbocycles. The van der Waals surface area contributed by atoms with Gasteiger partial charge in [-0.15, -0.1) is 0 Å². The number of Topliss-reactive ketones (excluding diaryl/α,β-unsaturated/α-hetero) is 1. The van der Waals surface area contributed by atoms with Crippen LogP contribution in [0.1, 0.15) is 48.0 Å². The normalized spacial score (nSPS) is 28.4. The van der Waals surface area contributed by atoms with Gasteiger partial charge in [0.05, 0.1) is 23.2 Å². The predicted octanol–water partition coefficient (Wildman–Crippen LogP) is 3.64. The largest absolute Gasteiger partial charge is 0.497 e. The van der Waals surface area contributed by atoms with Crippen LogP contribution in [0.15, 0.2) is 18.2 Å². The molecule has 2 unspecified atom stereocenters. The van der Waals surface area contributed by atoms with Crippen LogP contribution in [0.3, 0.4) is 0 Å². The summed E-state index contributed by atoms with van der Waals surface area (Å²) in [5.74, 6) is -1.04. The van der Waals surface area contributed by atoms with Crippen molar-refractivity contribution in [2.24, 2.45) is 5.92 Å². The van der Waals surface area contributed by atoms with E-state index in [2.05, 4.69) is 0 Å². The number of ether oxygens (including phenoxy) is 1. The average Bonchev–Trinajstić information content (AvgIpc) is 2.52. The van der Waals surface area contributed by atoms with Crippen molar-refractivity contribution in [3.05, 3.63) is 29.3 Å². The molecular formula is C17H19F3O4S. The number of benzene rings is 1. The summed E-state index contributed by atoms with van der Waals surface area (Å²) in [5, 5.41) is -1.11. The molecule has 0 aliphatic carbocycles.